The quantitative estimate of drug-likeness (QED) is 0.451. The molecule has 1 fully saturated rings. The minimum atomic E-state index is -0.780. The van der Waals surface area contributed by atoms with Crippen LogP contribution in [0.5, 0.6) is 0 Å². The molecule has 1 saturated heterocycles. The molecule has 2 unspecified atom stereocenters. The number of alkyl halides is 1. The molecule has 0 radical (unpaired) electrons. The molecular weight excluding hydrogens is 282 g/mol. The third-order valence-corrected chi connectivity index (χ3v) is 2.68. The Balaban J connectivity index is 2.05. The van der Waals surface area contributed by atoms with Crippen LogP contribution in [0.4, 0.5) is 4.39 Å². The van der Waals surface area contributed by atoms with Crippen LogP contribution in [-0.4, -0.2) is 25.5 Å². The SMILES string of the molecule is FC1CCOC1CCOSI. The summed E-state index contributed by atoms with van der Waals surface area (Å²) < 4.78 is 23.0. The van der Waals surface area contributed by atoms with Gasteiger partial charge < -0.3 is 8.92 Å². The van der Waals surface area contributed by atoms with Gasteiger partial charge in [-0.25, -0.2) is 4.39 Å². The third kappa shape index (κ3) is 3.43. The van der Waals surface area contributed by atoms with E-state index in [9.17, 15) is 4.39 Å². The molecule has 0 aromatic rings. The predicted molar refractivity (Wildman–Crippen MR) is 51.4 cm³/mol. The number of hydrogen-bond donors (Lipinski definition) is 0. The Morgan fingerprint density at radius 2 is 2.55 bits per heavy atom. The highest BCUT2D eigenvalue weighted by molar-refractivity contribution is 14.2. The van der Waals surface area contributed by atoms with Crippen molar-refractivity contribution in [3.63, 3.8) is 0 Å². The summed E-state index contributed by atoms with van der Waals surface area (Å²) in [5, 5.41) is 0. The van der Waals surface area contributed by atoms with Crippen LogP contribution in [0.15, 0.2) is 0 Å². The summed E-state index contributed by atoms with van der Waals surface area (Å²) >= 11 is 2.04. The minimum absolute atomic E-state index is 0.224. The average molecular weight is 292 g/mol. The second-order valence-electron chi connectivity index (χ2n) is 2.39. The molecule has 0 spiro atoms. The third-order valence-electron chi connectivity index (χ3n) is 1.66. The number of halogens is 2. The number of hydrogen-bond acceptors (Lipinski definition) is 3. The van der Waals surface area contributed by atoms with Crippen molar-refractivity contribution >= 4 is 30.4 Å². The van der Waals surface area contributed by atoms with Gasteiger partial charge in [0, 0.05) is 40.7 Å². The van der Waals surface area contributed by atoms with Crippen molar-refractivity contribution in [3.8, 4) is 0 Å². The number of rotatable bonds is 4. The molecule has 66 valence electrons. The van der Waals surface area contributed by atoms with Crippen molar-refractivity contribution < 1.29 is 13.3 Å². The Kier molecular flexibility index (Phi) is 5.06. The van der Waals surface area contributed by atoms with E-state index in [0.717, 1.165) is 0 Å². The lowest BCUT2D eigenvalue weighted by atomic mass is 10.1. The van der Waals surface area contributed by atoms with Crippen LogP contribution in [0.3, 0.4) is 0 Å². The molecule has 2 nitrogen and oxygen atoms in total. The van der Waals surface area contributed by atoms with Crippen molar-refractivity contribution in [3.05, 3.63) is 0 Å². The Bertz CT molecular complexity index is 117. The summed E-state index contributed by atoms with van der Waals surface area (Å²) in [7, 11) is 1.28. The highest BCUT2D eigenvalue weighted by Crippen LogP contribution is 2.21. The molecular formula is C6H10FIO2S. The molecule has 0 amide bonds. The van der Waals surface area contributed by atoms with Crippen LogP contribution >= 0.6 is 30.4 Å². The van der Waals surface area contributed by atoms with E-state index in [1.54, 1.807) is 0 Å². The molecule has 5 heteroatoms. The smallest absolute Gasteiger partial charge is 0.128 e. The zero-order valence-corrected chi connectivity index (χ0v) is 8.94. The van der Waals surface area contributed by atoms with Gasteiger partial charge in [-0.15, -0.1) is 0 Å². The molecule has 1 aliphatic heterocycles. The van der Waals surface area contributed by atoms with Crippen LogP contribution in [0, 0.1) is 0 Å². The van der Waals surface area contributed by atoms with E-state index in [4.69, 9.17) is 8.92 Å². The van der Waals surface area contributed by atoms with Gasteiger partial charge in [0.15, 0.2) is 0 Å². The molecule has 1 aliphatic rings. The summed E-state index contributed by atoms with van der Waals surface area (Å²) in [6.07, 6.45) is 0.204. The maximum absolute atomic E-state index is 12.8. The lowest BCUT2D eigenvalue weighted by Crippen LogP contribution is -2.18. The topological polar surface area (TPSA) is 18.5 Å². The first-order chi connectivity index (χ1) is 5.34. The highest BCUT2D eigenvalue weighted by atomic mass is 127. The molecule has 1 rings (SSSR count). The van der Waals surface area contributed by atoms with E-state index in [2.05, 4.69) is 0 Å². The van der Waals surface area contributed by atoms with Crippen LogP contribution in [0.25, 0.3) is 0 Å². The molecule has 11 heavy (non-hydrogen) atoms. The summed E-state index contributed by atoms with van der Waals surface area (Å²) in [6.45, 7) is 1.13. The average Bonchev–Trinajstić information content (AvgIpc) is 2.37. The molecule has 0 bridgehead atoms. The van der Waals surface area contributed by atoms with Crippen LogP contribution in [0.2, 0.25) is 0 Å². The van der Waals surface area contributed by atoms with E-state index in [1.807, 2.05) is 21.2 Å². The van der Waals surface area contributed by atoms with Gasteiger partial charge in [-0.1, -0.05) is 0 Å². The fraction of sp³-hybridized carbons (Fsp3) is 1.00. The summed E-state index contributed by atoms with van der Waals surface area (Å²) in [4.78, 5) is 0. The summed E-state index contributed by atoms with van der Waals surface area (Å²) in [6, 6.07) is 0. The first-order valence-corrected chi connectivity index (χ1v) is 6.79. The van der Waals surface area contributed by atoms with E-state index in [1.165, 1.54) is 9.21 Å². The zero-order chi connectivity index (χ0) is 8.10. The van der Waals surface area contributed by atoms with Crippen LogP contribution < -0.4 is 0 Å². The van der Waals surface area contributed by atoms with E-state index < -0.39 is 6.17 Å². The molecule has 0 aromatic heterocycles. The Hall–Kier alpha value is 0.930. The maximum atomic E-state index is 12.8. The molecule has 0 aromatic carbocycles. The lowest BCUT2D eigenvalue weighted by Gasteiger charge is -2.10. The van der Waals surface area contributed by atoms with Gasteiger partial charge in [0.2, 0.25) is 0 Å². The van der Waals surface area contributed by atoms with Gasteiger partial charge in [0.1, 0.15) is 6.17 Å². The van der Waals surface area contributed by atoms with Gasteiger partial charge in [-0.2, -0.15) is 0 Å². The van der Waals surface area contributed by atoms with Crippen molar-refractivity contribution in [2.24, 2.45) is 0 Å². The summed E-state index contributed by atoms with van der Waals surface area (Å²) in [5.74, 6) is 0. The summed E-state index contributed by atoms with van der Waals surface area (Å²) in [5.41, 5.74) is 0. The van der Waals surface area contributed by atoms with Gasteiger partial charge in [0.05, 0.1) is 21.9 Å². The normalized spacial score (nSPS) is 31.1. The van der Waals surface area contributed by atoms with Crippen LogP contribution in [-0.2, 0) is 8.92 Å². The van der Waals surface area contributed by atoms with Crippen molar-refractivity contribution in [1.82, 2.24) is 0 Å². The fourth-order valence-electron chi connectivity index (χ4n) is 1.08. The van der Waals surface area contributed by atoms with Gasteiger partial charge in [-0.3, -0.25) is 0 Å². The second kappa shape index (κ2) is 5.55. The molecule has 2 atom stereocenters. The van der Waals surface area contributed by atoms with Crippen LogP contribution in [0.1, 0.15) is 12.8 Å². The lowest BCUT2D eigenvalue weighted by molar-refractivity contribution is 0.0618. The predicted octanol–water partition coefficient (Wildman–Crippen LogP) is 2.52. The van der Waals surface area contributed by atoms with Crippen molar-refractivity contribution in [1.29, 1.82) is 0 Å². The standard InChI is InChI=1S/C6H10FIO2S/c7-5-1-3-9-6(5)2-4-10-11-8/h5-6H,1-4H2. The highest BCUT2D eigenvalue weighted by Gasteiger charge is 2.27. The van der Waals surface area contributed by atoms with Gasteiger partial charge in [-0.05, 0) is 0 Å². The monoisotopic (exact) mass is 292 g/mol. The van der Waals surface area contributed by atoms with Gasteiger partial charge >= 0.3 is 0 Å². The van der Waals surface area contributed by atoms with Crippen molar-refractivity contribution in [2.45, 2.75) is 25.1 Å². The van der Waals surface area contributed by atoms with E-state index >= 15 is 0 Å². The first kappa shape index (κ1) is 10.0. The van der Waals surface area contributed by atoms with E-state index in [-0.39, 0.29) is 6.10 Å². The minimum Gasteiger partial charge on any atom is -0.375 e. The first-order valence-electron chi connectivity index (χ1n) is 3.50. The zero-order valence-electron chi connectivity index (χ0n) is 5.96. The fourth-order valence-corrected chi connectivity index (χ4v) is 1.78. The Morgan fingerprint density at radius 1 is 1.73 bits per heavy atom. The number of ether oxygens (including phenoxy) is 1. The molecule has 0 aliphatic carbocycles. The molecule has 0 N–H and O–H groups in total. The van der Waals surface area contributed by atoms with Crippen molar-refractivity contribution in [2.75, 3.05) is 13.2 Å². The Morgan fingerprint density at radius 3 is 3.09 bits per heavy atom. The molecule has 0 saturated carbocycles. The maximum Gasteiger partial charge on any atom is 0.128 e. The Labute approximate surface area is 82.0 Å². The largest absolute Gasteiger partial charge is 0.375 e. The molecule has 1 heterocycles. The van der Waals surface area contributed by atoms with E-state index in [0.29, 0.717) is 26.1 Å². The second-order valence-corrected chi connectivity index (χ2v) is 3.83. The van der Waals surface area contributed by atoms with Gasteiger partial charge in [0.25, 0.3) is 0 Å².